The third-order valence-electron chi connectivity index (χ3n) is 3.26. The molecule has 0 aliphatic rings. The van der Waals surface area contributed by atoms with Crippen LogP contribution in [0.1, 0.15) is 25.6 Å². The molecule has 0 aliphatic heterocycles. The summed E-state index contributed by atoms with van der Waals surface area (Å²) in [6, 6.07) is 1.69. The highest BCUT2D eigenvalue weighted by molar-refractivity contribution is 7.99. The average molecular weight is 394 g/mol. The number of rotatable bonds is 6. The Hall–Kier alpha value is -2.46. The molecule has 8 nitrogen and oxygen atoms in total. The van der Waals surface area contributed by atoms with Crippen LogP contribution in [0.25, 0.3) is 0 Å². The summed E-state index contributed by atoms with van der Waals surface area (Å²) in [5.41, 5.74) is 0.673. The molecule has 26 heavy (non-hydrogen) atoms. The van der Waals surface area contributed by atoms with Crippen molar-refractivity contribution in [1.29, 1.82) is 0 Å². The molecule has 138 valence electrons. The van der Waals surface area contributed by atoms with Gasteiger partial charge in [0, 0.05) is 26.5 Å². The van der Waals surface area contributed by atoms with E-state index in [1.165, 1.54) is 23.8 Å². The van der Waals surface area contributed by atoms with Crippen LogP contribution in [0.4, 0.5) is 5.00 Å². The van der Waals surface area contributed by atoms with Gasteiger partial charge in [-0.05, 0) is 18.6 Å². The Bertz CT molecular complexity index is 821. The number of thioether (sulfide) groups is 1. The van der Waals surface area contributed by atoms with E-state index in [-0.39, 0.29) is 23.1 Å². The van der Waals surface area contributed by atoms with Crippen molar-refractivity contribution < 1.29 is 19.1 Å². The first-order chi connectivity index (χ1) is 12.3. The van der Waals surface area contributed by atoms with Crippen LogP contribution in [0.2, 0.25) is 0 Å². The van der Waals surface area contributed by atoms with Gasteiger partial charge in [-0.15, -0.1) is 11.3 Å². The van der Waals surface area contributed by atoms with E-state index in [0.717, 1.165) is 11.3 Å². The lowest BCUT2D eigenvalue weighted by atomic mass is 10.1. The summed E-state index contributed by atoms with van der Waals surface area (Å²) in [7, 11) is 4.49. The van der Waals surface area contributed by atoms with Gasteiger partial charge in [-0.3, -0.25) is 9.59 Å². The van der Waals surface area contributed by atoms with Crippen molar-refractivity contribution in [3.05, 3.63) is 34.5 Å². The zero-order valence-corrected chi connectivity index (χ0v) is 16.4. The number of ether oxygens (including phenoxy) is 1. The van der Waals surface area contributed by atoms with Crippen molar-refractivity contribution in [1.82, 2.24) is 14.9 Å². The molecule has 0 aliphatic carbocycles. The van der Waals surface area contributed by atoms with Crippen LogP contribution in [0.5, 0.6) is 0 Å². The molecule has 10 heteroatoms. The fourth-order valence-electron chi connectivity index (χ4n) is 2.01. The van der Waals surface area contributed by atoms with Crippen LogP contribution >= 0.6 is 23.1 Å². The van der Waals surface area contributed by atoms with Crippen molar-refractivity contribution in [2.24, 2.45) is 0 Å². The van der Waals surface area contributed by atoms with E-state index in [0.29, 0.717) is 20.6 Å². The van der Waals surface area contributed by atoms with Crippen LogP contribution in [0.3, 0.4) is 0 Å². The van der Waals surface area contributed by atoms with Crippen LogP contribution in [0.15, 0.2) is 23.6 Å². The Morgan fingerprint density at radius 1 is 1.27 bits per heavy atom. The van der Waals surface area contributed by atoms with E-state index in [9.17, 15) is 14.4 Å². The summed E-state index contributed by atoms with van der Waals surface area (Å²) < 4.78 is 4.79. The molecule has 1 N–H and O–H groups in total. The molecular formula is C16H18N4O4S2. The van der Waals surface area contributed by atoms with E-state index in [1.54, 1.807) is 39.5 Å². The Balaban J connectivity index is 2.21. The quantitative estimate of drug-likeness (QED) is 0.455. The van der Waals surface area contributed by atoms with Crippen molar-refractivity contribution >= 4 is 45.9 Å². The van der Waals surface area contributed by atoms with Crippen molar-refractivity contribution in [2.45, 2.75) is 12.1 Å². The maximum Gasteiger partial charge on any atom is 0.341 e. The molecule has 0 saturated heterocycles. The number of nitrogens with one attached hydrogen (secondary N) is 1. The molecule has 0 aromatic carbocycles. The fourth-order valence-corrected chi connectivity index (χ4v) is 3.84. The van der Waals surface area contributed by atoms with Gasteiger partial charge in [0.15, 0.2) is 5.16 Å². The second kappa shape index (κ2) is 8.77. The highest BCUT2D eigenvalue weighted by Gasteiger charge is 2.27. The topological polar surface area (TPSA) is 101 Å². The molecule has 2 amide bonds. The summed E-state index contributed by atoms with van der Waals surface area (Å²) in [5, 5.41) is 3.45. The molecule has 0 spiro atoms. The number of hydrogen-bond donors (Lipinski definition) is 1. The number of carbonyl (C=O) groups excluding carboxylic acids is 3. The Kier molecular flexibility index (Phi) is 6.70. The highest BCUT2D eigenvalue weighted by Crippen LogP contribution is 2.34. The number of thiophene rings is 1. The monoisotopic (exact) mass is 394 g/mol. The molecule has 2 aromatic heterocycles. The number of aromatic nitrogens is 2. The van der Waals surface area contributed by atoms with E-state index in [4.69, 9.17) is 4.74 Å². The van der Waals surface area contributed by atoms with Gasteiger partial charge in [0.2, 0.25) is 5.91 Å². The van der Waals surface area contributed by atoms with E-state index < -0.39 is 5.97 Å². The van der Waals surface area contributed by atoms with Crippen molar-refractivity contribution in [2.75, 3.05) is 32.3 Å². The van der Waals surface area contributed by atoms with E-state index >= 15 is 0 Å². The first-order valence-electron chi connectivity index (χ1n) is 7.48. The fraction of sp³-hybridized carbons (Fsp3) is 0.312. The van der Waals surface area contributed by atoms with Crippen molar-refractivity contribution in [3.63, 3.8) is 0 Å². The van der Waals surface area contributed by atoms with Gasteiger partial charge in [-0.1, -0.05) is 11.8 Å². The predicted molar refractivity (Wildman–Crippen MR) is 99.8 cm³/mol. The number of esters is 1. The van der Waals surface area contributed by atoms with Gasteiger partial charge in [-0.2, -0.15) is 0 Å². The lowest BCUT2D eigenvalue weighted by Crippen LogP contribution is -2.21. The first-order valence-corrected chi connectivity index (χ1v) is 9.28. The number of carbonyl (C=O) groups is 3. The lowest BCUT2D eigenvalue weighted by Gasteiger charge is -2.08. The molecule has 0 atom stereocenters. The maximum atomic E-state index is 12.3. The smallest absolute Gasteiger partial charge is 0.341 e. The molecule has 2 rings (SSSR count). The number of hydrogen-bond acceptors (Lipinski definition) is 8. The average Bonchev–Trinajstić information content (AvgIpc) is 2.95. The molecule has 2 aromatic rings. The van der Waals surface area contributed by atoms with Gasteiger partial charge in [0.05, 0.1) is 23.3 Å². The summed E-state index contributed by atoms with van der Waals surface area (Å²) in [5.74, 6) is -1.12. The van der Waals surface area contributed by atoms with Crippen LogP contribution in [-0.2, 0) is 9.53 Å². The molecule has 0 fully saturated rings. The highest BCUT2D eigenvalue weighted by atomic mass is 32.2. The Morgan fingerprint density at radius 3 is 2.50 bits per heavy atom. The van der Waals surface area contributed by atoms with Crippen LogP contribution in [-0.4, -0.2) is 59.6 Å². The third kappa shape index (κ3) is 4.58. The maximum absolute atomic E-state index is 12.3. The van der Waals surface area contributed by atoms with Gasteiger partial charge in [-0.25, -0.2) is 14.8 Å². The molecule has 0 unspecified atom stereocenters. The minimum atomic E-state index is -0.606. The minimum absolute atomic E-state index is 0.0680. The summed E-state index contributed by atoms with van der Waals surface area (Å²) >= 11 is 2.22. The third-order valence-corrected chi connectivity index (χ3v) is 5.33. The SMILES string of the molecule is COC(=O)c1c(NC(=O)CSc2ncccn2)sc(C(=O)N(C)C)c1C. The largest absolute Gasteiger partial charge is 0.465 e. The van der Waals surface area contributed by atoms with Gasteiger partial charge >= 0.3 is 5.97 Å². The zero-order chi connectivity index (χ0) is 19.3. The predicted octanol–water partition coefficient (Wildman–Crippen LogP) is 2.07. The molecule has 2 heterocycles. The Labute approximate surface area is 159 Å². The first kappa shape index (κ1) is 19.9. The normalized spacial score (nSPS) is 10.3. The van der Waals surface area contributed by atoms with E-state index in [2.05, 4.69) is 15.3 Å². The second-order valence-electron chi connectivity index (χ2n) is 5.32. The Morgan fingerprint density at radius 2 is 1.92 bits per heavy atom. The number of amides is 2. The molecular weight excluding hydrogens is 376 g/mol. The van der Waals surface area contributed by atoms with Crippen molar-refractivity contribution in [3.8, 4) is 0 Å². The summed E-state index contributed by atoms with van der Waals surface area (Å²) in [4.78, 5) is 46.5. The minimum Gasteiger partial charge on any atom is -0.465 e. The standard InChI is InChI=1S/C16H18N4O4S2/c1-9-11(15(23)24-4)13(26-12(9)14(22)20(2)3)19-10(21)8-25-16-17-6-5-7-18-16/h5-7H,8H2,1-4H3,(H,19,21). The van der Waals surface area contributed by atoms with E-state index in [1.807, 2.05) is 0 Å². The van der Waals surface area contributed by atoms with Gasteiger partial charge < -0.3 is 15.0 Å². The second-order valence-corrected chi connectivity index (χ2v) is 7.28. The number of anilines is 1. The molecule has 0 bridgehead atoms. The van der Waals surface area contributed by atoms with Crippen LogP contribution < -0.4 is 5.32 Å². The summed E-state index contributed by atoms with van der Waals surface area (Å²) in [6.07, 6.45) is 3.18. The van der Waals surface area contributed by atoms with Gasteiger partial charge in [0.25, 0.3) is 5.91 Å². The lowest BCUT2D eigenvalue weighted by molar-refractivity contribution is -0.113. The number of methoxy groups -OCH3 is 1. The van der Waals surface area contributed by atoms with Gasteiger partial charge in [0.1, 0.15) is 5.00 Å². The zero-order valence-electron chi connectivity index (χ0n) is 14.7. The molecule has 0 saturated carbocycles. The summed E-state index contributed by atoms with van der Waals surface area (Å²) in [6.45, 7) is 1.65. The number of nitrogens with zero attached hydrogens (tertiary/aromatic N) is 3. The van der Waals surface area contributed by atoms with Crippen LogP contribution in [0, 0.1) is 6.92 Å². The molecule has 0 radical (unpaired) electrons.